The van der Waals surface area contributed by atoms with Crippen LogP contribution in [-0.2, 0) is 25.4 Å². The summed E-state index contributed by atoms with van der Waals surface area (Å²) in [7, 11) is -0.391. The van der Waals surface area contributed by atoms with Crippen LogP contribution in [0.25, 0.3) is 4.85 Å². The fraction of sp³-hybridized carbons (Fsp3) is 0.350. The predicted octanol–water partition coefficient (Wildman–Crippen LogP) is 3.67. The molecular weight excluding hydrogens is 345 g/mol. The lowest BCUT2D eigenvalue weighted by Gasteiger charge is -2.17. The second kappa shape index (κ2) is 9.54. The predicted molar refractivity (Wildman–Crippen MR) is 102 cm³/mol. The van der Waals surface area contributed by atoms with Crippen LogP contribution in [0.15, 0.2) is 42.5 Å². The first-order valence-corrected chi connectivity index (χ1v) is 8.94. The maximum absolute atomic E-state index is 7.02. The van der Waals surface area contributed by atoms with Gasteiger partial charge in [0.1, 0.15) is 11.5 Å². The molecule has 27 heavy (non-hydrogen) atoms. The molecule has 0 aliphatic carbocycles. The quantitative estimate of drug-likeness (QED) is 0.405. The highest BCUT2D eigenvalue weighted by Crippen LogP contribution is 2.25. The summed E-state index contributed by atoms with van der Waals surface area (Å²) < 4.78 is 28.4. The lowest BCUT2D eigenvalue weighted by Crippen LogP contribution is -2.35. The van der Waals surface area contributed by atoms with Gasteiger partial charge in [-0.05, 0) is 49.1 Å². The highest BCUT2D eigenvalue weighted by Gasteiger charge is 2.29. The van der Waals surface area contributed by atoms with Crippen molar-refractivity contribution in [1.29, 1.82) is 0 Å². The monoisotopic (exact) mass is 367 g/mol. The van der Waals surface area contributed by atoms with Gasteiger partial charge in [-0.2, -0.15) is 0 Å². The van der Waals surface area contributed by atoms with Crippen LogP contribution in [0.5, 0.6) is 11.5 Å². The summed E-state index contributed by atoms with van der Waals surface area (Å²) in [4.78, 5) is 3.38. The summed E-state index contributed by atoms with van der Waals surface area (Å²) in [6.45, 7) is 12.9. The highest BCUT2D eigenvalue weighted by molar-refractivity contribution is 6.62. The van der Waals surface area contributed by atoms with Crippen molar-refractivity contribution < 1.29 is 23.5 Å². The lowest BCUT2D eigenvalue weighted by atomic mass is 9.76. The van der Waals surface area contributed by atoms with Gasteiger partial charge < -0.3 is 23.5 Å². The van der Waals surface area contributed by atoms with Crippen LogP contribution >= 0.6 is 0 Å². The van der Waals surface area contributed by atoms with Gasteiger partial charge in [-0.15, -0.1) is 0 Å². The molecular formula is C20H22BNO5. The van der Waals surface area contributed by atoms with E-state index in [9.17, 15) is 0 Å². The molecule has 7 heteroatoms. The van der Waals surface area contributed by atoms with Crippen molar-refractivity contribution >= 4 is 18.3 Å². The van der Waals surface area contributed by atoms with E-state index < -0.39 is 7.12 Å². The van der Waals surface area contributed by atoms with Crippen LogP contribution < -0.4 is 10.2 Å². The Bertz CT molecular complexity index is 784. The van der Waals surface area contributed by atoms with Gasteiger partial charge in [0.2, 0.25) is 0 Å². The molecule has 0 radical (unpaired) electrons. The molecule has 1 aliphatic rings. The Balaban J connectivity index is 1.78. The summed E-state index contributed by atoms with van der Waals surface area (Å²) in [5, 5.41) is 0. The van der Waals surface area contributed by atoms with Crippen LogP contribution in [0.1, 0.15) is 19.4 Å². The zero-order valence-corrected chi connectivity index (χ0v) is 15.5. The van der Waals surface area contributed by atoms with Gasteiger partial charge in [0.25, 0.3) is 0 Å². The first kappa shape index (κ1) is 19.4. The fourth-order valence-corrected chi connectivity index (χ4v) is 2.75. The topological polar surface area (TPSA) is 50.5 Å². The molecule has 1 atom stereocenters. The largest absolute Gasteiger partial charge is 0.494 e. The van der Waals surface area contributed by atoms with Crippen molar-refractivity contribution in [2.45, 2.75) is 26.7 Å². The molecule has 1 saturated heterocycles. The smallest absolute Gasteiger partial charge is 0.457 e. The van der Waals surface area contributed by atoms with Gasteiger partial charge >= 0.3 is 7.12 Å². The Morgan fingerprint density at radius 3 is 2.44 bits per heavy atom. The first-order valence-electron chi connectivity index (χ1n) is 8.94. The molecule has 0 spiro atoms. The van der Waals surface area contributed by atoms with Crippen LogP contribution in [0.4, 0.5) is 5.69 Å². The van der Waals surface area contributed by atoms with E-state index in [0.717, 1.165) is 11.0 Å². The molecule has 0 N–H and O–H groups in total. The Hall–Kier alpha value is -2.37. The zero-order valence-electron chi connectivity index (χ0n) is 15.5. The van der Waals surface area contributed by atoms with Gasteiger partial charge in [0.15, 0.2) is 12.0 Å². The second-order valence-corrected chi connectivity index (χ2v) is 5.98. The minimum Gasteiger partial charge on any atom is -0.457 e. The van der Waals surface area contributed by atoms with Crippen LogP contribution in [0.3, 0.4) is 0 Å². The van der Waals surface area contributed by atoms with Gasteiger partial charge in [-0.3, -0.25) is 0 Å². The second-order valence-electron chi connectivity index (χ2n) is 5.98. The number of hydrogen-bond acceptors (Lipinski definition) is 5. The van der Waals surface area contributed by atoms with E-state index in [1.807, 2.05) is 32.0 Å². The van der Waals surface area contributed by atoms with Crippen LogP contribution in [-0.4, -0.2) is 33.2 Å². The summed E-state index contributed by atoms with van der Waals surface area (Å²) in [6.07, 6.45) is -0.306. The molecule has 2 aromatic rings. The minimum atomic E-state index is -0.391. The van der Waals surface area contributed by atoms with Gasteiger partial charge in [0, 0.05) is 6.61 Å². The average molecular weight is 367 g/mol. The fourth-order valence-electron chi connectivity index (χ4n) is 2.75. The number of ether oxygens (including phenoxy) is 3. The average Bonchev–Trinajstić information content (AvgIpc) is 3.22. The van der Waals surface area contributed by atoms with Crippen molar-refractivity contribution in [1.82, 2.24) is 0 Å². The van der Waals surface area contributed by atoms with Crippen molar-refractivity contribution in [2.24, 2.45) is 0 Å². The summed E-state index contributed by atoms with van der Waals surface area (Å²) in [5.74, 6) is 1.34. The minimum absolute atomic E-state index is 0.306. The molecule has 0 aromatic heterocycles. The molecule has 140 valence electrons. The van der Waals surface area contributed by atoms with Crippen molar-refractivity contribution in [2.75, 3.05) is 19.8 Å². The third-order valence-electron chi connectivity index (χ3n) is 4.07. The molecule has 6 nitrogen and oxygen atoms in total. The third-order valence-corrected chi connectivity index (χ3v) is 4.07. The van der Waals surface area contributed by atoms with E-state index in [1.54, 1.807) is 24.3 Å². The van der Waals surface area contributed by atoms with E-state index in [4.69, 9.17) is 30.1 Å². The summed E-state index contributed by atoms with van der Waals surface area (Å²) in [5.41, 5.74) is 2.42. The number of benzene rings is 2. The van der Waals surface area contributed by atoms with E-state index in [1.165, 1.54) is 0 Å². The van der Waals surface area contributed by atoms with Crippen LogP contribution in [0, 0.1) is 6.57 Å². The Kier molecular flexibility index (Phi) is 6.85. The van der Waals surface area contributed by atoms with Gasteiger partial charge in [-0.1, -0.05) is 18.2 Å². The normalized spacial score (nSPS) is 14.8. The summed E-state index contributed by atoms with van der Waals surface area (Å²) in [6, 6.07) is 12.7. The van der Waals surface area contributed by atoms with Crippen molar-refractivity contribution in [3.63, 3.8) is 0 Å². The maximum Gasteiger partial charge on any atom is 0.494 e. The van der Waals surface area contributed by atoms with E-state index in [-0.39, 0.29) is 6.29 Å². The van der Waals surface area contributed by atoms with E-state index >= 15 is 0 Å². The maximum atomic E-state index is 7.02. The third kappa shape index (κ3) is 5.31. The molecule has 1 aliphatic heterocycles. The van der Waals surface area contributed by atoms with Gasteiger partial charge in [0.05, 0.1) is 26.4 Å². The highest BCUT2D eigenvalue weighted by atomic mass is 16.7. The SMILES string of the molecule is [C-]#[N+]c1ccc(Oc2ccc(B3OCCO3)c(COC(C)OCC)c2)cc1. The zero-order chi connectivity index (χ0) is 19.1. The van der Waals surface area contributed by atoms with E-state index in [2.05, 4.69) is 4.85 Å². The van der Waals surface area contributed by atoms with Crippen LogP contribution in [0.2, 0.25) is 0 Å². The number of hydrogen-bond donors (Lipinski definition) is 0. The molecule has 2 aromatic carbocycles. The number of rotatable bonds is 8. The summed E-state index contributed by atoms with van der Waals surface area (Å²) >= 11 is 0. The van der Waals surface area contributed by atoms with Crippen molar-refractivity contribution in [3.05, 3.63) is 59.4 Å². The molecule has 0 bridgehead atoms. The van der Waals surface area contributed by atoms with E-state index in [0.29, 0.717) is 43.6 Å². The Morgan fingerprint density at radius 2 is 1.78 bits per heavy atom. The molecule has 1 unspecified atom stereocenters. The standard InChI is InChI=1S/C20H22BNO5/c1-4-23-15(2)24-14-16-13-19(9-10-20(16)21-25-11-12-26-21)27-18-7-5-17(22-3)6-8-18/h5-10,13,15H,4,11-12,14H2,1-2H3. The van der Waals surface area contributed by atoms with Gasteiger partial charge in [-0.25, -0.2) is 4.85 Å². The first-order chi connectivity index (χ1) is 13.2. The van der Waals surface area contributed by atoms with Crippen molar-refractivity contribution in [3.8, 4) is 11.5 Å². The Morgan fingerprint density at radius 1 is 1.07 bits per heavy atom. The molecule has 0 saturated carbocycles. The lowest BCUT2D eigenvalue weighted by molar-refractivity contribution is -0.134. The number of nitrogens with zero attached hydrogens (tertiary/aromatic N) is 1. The Labute approximate surface area is 159 Å². The molecule has 3 rings (SSSR count). The molecule has 1 fully saturated rings. The molecule has 1 heterocycles. The molecule has 0 amide bonds.